The van der Waals surface area contributed by atoms with Gasteiger partial charge in [-0.25, -0.2) is 4.79 Å². The van der Waals surface area contributed by atoms with E-state index in [2.05, 4.69) is 20.5 Å². The molecule has 9 heteroatoms. The van der Waals surface area contributed by atoms with Gasteiger partial charge in [0.05, 0.1) is 19.1 Å². The molecule has 0 aliphatic carbocycles. The van der Waals surface area contributed by atoms with E-state index in [9.17, 15) is 9.59 Å². The summed E-state index contributed by atoms with van der Waals surface area (Å²) in [5, 5.41) is 6.23. The summed E-state index contributed by atoms with van der Waals surface area (Å²) >= 11 is 0. The molecule has 1 fully saturated rings. The maximum absolute atomic E-state index is 12.1. The van der Waals surface area contributed by atoms with Crippen molar-refractivity contribution in [2.75, 3.05) is 33.8 Å². The molecule has 3 atom stereocenters. The Morgan fingerprint density at radius 1 is 1.25 bits per heavy atom. The number of nitrogens with zero attached hydrogens (tertiary/aromatic N) is 2. The summed E-state index contributed by atoms with van der Waals surface area (Å²) in [6.45, 7) is 13.4. The summed E-state index contributed by atoms with van der Waals surface area (Å²) in [6, 6.07) is -0.118. The average molecular weight is 512 g/mol. The first-order chi connectivity index (χ1) is 12.5. The molecule has 8 nitrogen and oxygen atoms in total. The first kappa shape index (κ1) is 26.7. The van der Waals surface area contributed by atoms with Crippen LogP contribution in [0.3, 0.4) is 0 Å². The molecule has 0 aromatic heterocycles. The summed E-state index contributed by atoms with van der Waals surface area (Å²) in [5.41, 5.74) is -0.538. The molecule has 0 aromatic carbocycles. The highest BCUT2D eigenvalue weighted by Crippen LogP contribution is 2.24. The van der Waals surface area contributed by atoms with Crippen molar-refractivity contribution < 1.29 is 19.1 Å². The molecule has 1 aliphatic rings. The normalized spacial score (nSPS) is 21.0. The number of amides is 1. The van der Waals surface area contributed by atoms with Gasteiger partial charge in [0.15, 0.2) is 5.96 Å². The standard InChI is InChI=1S/C19H36N4O4.HI/c1-12(2)15(22-18(25)27-19(4,5)6)9-21-17(20-7)23-10-13(3)14(11-23)16(24)26-8;/h12-15H,9-11H2,1-8H3,(H,20,21)(H,22,25);1H. The smallest absolute Gasteiger partial charge is 0.407 e. The molecule has 1 saturated heterocycles. The number of alkyl carbamates (subject to hydrolysis) is 1. The molecule has 0 aromatic rings. The number of carbonyl (C=O) groups excluding carboxylic acids is 2. The number of nitrogens with one attached hydrogen (secondary N) is 2. The van der Waals surface area contributed by atoms with Crippen LogP contribution in [0.2, 0.25) is 0 Å². The highest BCUT2D eigenvalue weighted by Gasteiger charge is 2.37. The van der Waals surface area contributed by atoms with E-state index < -0.39 is 11.7 Å². The van der Waals surface area contributed by atoms with Gasteiger partial charge >= 0.3 is 12.1 Å². The number of halogens is 1. The molecular weight excluding hydrogens is 475 g/mol. The van der Waals surface area contributed by atoms with Gasteiger partial charge in [0.1, 0.15) is 5.60 Å². The number of aliphatic imine (C=N–C) groups is 1. The fourth-order valence-corrected chi connectivity index (χ4v) is 3.04. The van der Waals surface area contributed by atoms with Gasteiger partial charge in [-0.15, -0.1) is 24.0 Å². The Morgan fingerprint density at radius 2 is 1.86 bits per heavy atom. The van der Waals surface area contributed by atoms with Gasteiger partial charge in [-0.1, -0.05) is 20.8 Å². The maximum atomic E-state index is 12.1. The zero-order chi connectivity index (χ0) is 20.8. The summed E-state index contributed by atoms with van der Waals surface area (Å²) in [4.78, 5) is 30.4. The van der Waals surface area contributed by atoms with Crippen LogP contribution in [-0.2, 0) is 14.3 Å². The highest BCUT2D eigenvalue weighted by molar-refractivity contribution is 14.0. The second-order valence-electron chi connectivity index (χ2n) is 8.44. The van der Waals surface area contributed by atoms with E-state index in [1.54, 1.807) is 7.05 Å². The van der Waals surface area contributed by atoms with Crippen LogP contribution >= 0.6 is 24.0 Å². The molecular formula is C19H37IN4O4. The quantitative estimate of drug-likeness (QED) is 0.255. The lowest BCUT2D eigenvalue weighted by molar-refractivity contribution is -0.145. The molecule has 1 rings (SSSR count). The summed E-state index contributed by atoms with van der Waals surface area (Å²) in [7, 11) is 3.13. The zero-order valence-electron chi connectivity index (χ0n) is 18.4. The Bertz CT molecular complexity index is 549. The number of carbonyl (C=O) groups is 2. The molecule has 1 amide bonds. The van der Waals surface area contributed by atoms with Crippen molar-refractivity contribution in [1.82, 2.24) is 15.5 Å². The average Bonchev–Trinajstić information content (AvgIpc) is 2.93. The molecule has 0 bridgehead atoms. The van der Waals surface area contributed by atoms with E-state index in [0.29, 0.717) is 19.0 Å². The lowest BCUT2D eigenvalue weighted by Gasteiger charge is -2.28. The summed E-state index contributed by atoms with van der Waals surface area (Å²) in [5.74, 6) is 0.770. The number of methoxy groups -OCH3 is 1. The van der Waals surface area contributed by atoms with Gasteiger partial charge in [0.25, 0.3) is 0 Å². The van der Waals surface area contributed by atoms with E-state index in [1.165, 1.54) is 7.11 Å². The highest BCUT2D eigenvalue weighted by atomic mass is 127. The van der Waals surface area contributed by atoms with Crippen LogP contribution in [0, 0.1) is 17.8 Å². The van der Waals surface area contributed by atoms with Crippen molar-refractivity contribution in [3.63, 3.8) is 0 Å². The number of esters is 1. The van der Waals surface area contributed by atoms with E-state index in [-0.39, 0.29) is 53.7 Å². The fourth-order valence-electron chi connectivity index (χ4n) is 3.04. The Kier molecular flexibility index (Phi) is 11.1. The number of rotatable bonds is 5. The van der Waals surface area contributed by atoms with E-state index in [0.717, 1.165) is 6.54 Å². The molecule has 3 unspecified atom stereocenters. The predicted octanol–water partition coefficient (Wildman–Crippen LogP) is 2.47. The topological polar surface area (TPSA) is 92.3 Å². The Morgan fingerprint density at radius 3 is 2.32 bits per heavy atom. The number of hydrogen-bond donors (Lipinski definition) is 2. The van der Waals surface area contributed by atoms with Crippen LogP contribution in [0.1, 0.15) is 41.5 Å². The van der Waals surface area contributed by atoms with Crippen LogP contribution in [0.25, 0.3) is 0 Å². The summed E-state index contributed by atoms with van der Waals surface area (Å²) in [6.07, 6.45) is -0.432. The number of ether oxygens (including phenoxy) is 2. The minimum atomic E-state index is -0.538. The van der Waals surface area contributed by atoms with Crippen LogP contribution in [-0.4, -0.2) is 68.4 Å². The van der Waals surface area contributed by atoms with Crippen molar-refractivity contribution in [3.8, 4) is 0 Å². The molecule has 2 N–H and O–H groups in total. The van der Waals surface area contributed by atoms with E-state index in [4.69, 9.17) is 9.47 Å². The van der Waals surface area contributed by atoms with E-state index >= 15 is 0 Å². The van der Waals surface area contributed by atoms with E-state index in [1.807, 2.05) is 41.5 Å². The lowest BCUT2D eigenvalue weighted by Crippen LogP contribution is -2.50. The van der Waals surface area contributed by atoms with Crippen molar-refractivity contribution in [3.05, 3.63) is 0 Å². The SMILES string of the molecule is CN=C(NCC(NC(=O)OC(C)(C)C)C(C)C)N1CC(C)C(C(=O)OC)C1.I. The van der Waals surface area contributed by atoms with Crippen LogP contribution < -0.4 is 10.6 Å². The third kappa shape index (κ3) is 8.40. The fraction of sp³-hybridized carbons (Fsp3) is 0.842. The summed E-state index contributed by atoms with van der Waals surface area (Å²) < 4.78 is 10.2. The van der Waals surface area contributed by atoms with Crippen LogP contribution in [0.4, 0.5) is 4.79 Å². The second kappa shape index (κ2) is 11.7. The Labute approximate surface area is 186 Å². The monoisotopic (exact) mass is 512 g/mol. The van der Waals surface area contributed by atoms with Gasteiger partial charge in [-0.2, -0.15) is 0 Å². The van der Waals surface area contributed by atoms with Crippen molar-refractivity contribution in [2.45, 2.75) is 53.2 Å². The first-order valence-corrected chi connectivity index (χ1v) is 9.51. The second-order valence-corrected chi connectivity index (χ2v) is 8.44. The van der Waals surface area contributed by atoms with Crippen LogP contribution in [0.5, 0.6) is 0 Å². The van der Waals surface area contributed by atoms with Crippen molar-refractivity contribution in [1.29, 1.82) is 0 Å². The van der Waals surface area contributed by atoms with Gasteiger partial charge < -0.3 is 25.0 Å². The third-order valence-electron chi connectivity index (χ3n) is 4.61. The lowest BCUT2D eigenvalue weighted by atomic mass is 9.99. The van der Waals surface area contributed by atoms with Gasteiger partial charge in [0.2, 0.25) is 0 Å². The molecule has 1 heterocycles. The van der Waals surface area contributed by atoms with Crippen LogP contribution in [0.15, 0.2) is 4.99 Å². The Balaban J connectivity index is 0.00000729. The molecule has 1 aliphatic heterocycles. The molecule has 0 radical (unpaired) electrons. The molecule has 28 heavy (non-hydrogen) atoms. The molecule has 0 spiro atoms. The maximum Gasteiger partial charge on any atom is 0.407 e. The van der Waals surface area contributed by atoms with Crippen molar-refractivity contribution >= 4 is 42.0 Å². The number of guanidine groups is 1. The van der Waals surface area contributed by atoms with Gasteiger partial charge in [-0.3, -0.25) is 9.79 Å². The predicted molar refractivity (Wildman–Crippen MR) is 121 cm³/mol. The number of hydrogen-bond acceptors (Lipinski definition) is 5. The van der Waals surface area contributed by atoms with Gasteiger partial charge in [-0.05, 0) is 32.6 Å². The minimum absolute atomic E-state index is 0. The van der Waals surface area contributed by atoms with Gasteiger partial charge in [0, 0.05) is 26.7 Å². The van der Waals surface area contributed by atoms with Crippen molar-refractivity contribution in [2.24, 2.45) is 22.7 Å². The minimum Gasteiger partial charge on any atom is -0.469 e. The molecule has 0 saturated carbocycles. The third-order valence-corrected chi connectivity index (χ3v) is 4.61. The molecule has 164 valence electrons. The Hall–Kier alpha value is -1.26. The first-order valence-electron chi connectivity index (χ1n) is 9.51. The number of likely N-dealkylation sites (tertiary alicyclic amines) is 1. The largest absolute Gasteiger partial charge is 0.469 e. The zero-order valence-corrected chi connectivity index (χ0v) is 20.7.